The van der Waals surface area contributed by atoms with Crippen molar-refractivity contribution >= 4 is 17.9 Å². The standard InChI is InChI=1S/C13H15NO2/c1-13(2)7-8-14(12(13)16)11-5-3-10(9-15)4-6-11/h3-6,9H,7-8H2,1-2H3. The first-order valence-electron chi connectivity index (χ1n) is 5.42. The monoisotopic (exact) mass is 217 g/mol. The molecule has 0 bridgehead atoms. The molecule has 1 amide bonds. The fourth-order valence-corrected chi connectivity index (χ4v) is 1.94. The predicted molar refractivity (Wildman–Crippen MR) is 62.6 cm³/mol. The Morgan fingerprint density at radius 1 is 1.25 bits per heavy atom. The first-order chi connectivity index (χ1) is 7.54. The summed E-state index contributed by atoms with van der Waals surface area (Å²) in [6.45, 7) is 4.69. The van der Waals surface area contributed by atoms with E-state index in [9.17, 15) is 9.59 Å². The molecule has 3 heteroatoms. The summed E-state index contributed by atoms with van der Waals surface area (Å²) >= 11 is 0. The molecule has 0 spiro atoms. The molecule has 3 nitrogen and oxygen atoms in total. The van der Waals surface area contributed by atoms with Gasteiger partial charge in [-0.3, -0.25) is 9.59 Å². The Balaban J connectivity index is 2.26. The molecule has 1 aromatic carbocycles. The number of carbonyl (C=O) groups excluding carboxylic acids is 2. The van der Waals surface area contributed by atoms with Crippen molar-refractivity contribution in [2.45, 2.75) is 20.3 Å². The number of rotatable bonds is 2. The van der Waals surface area contributed by atoms with Gasteiger partial charge in [-0.1, -0.05) is 13.8 Å². The summed E-state index contributed by atoms with van der Waals surface area (Å²) in [5.41, 5.74) is 1.25. The number of carbonyl (C=O) groups is 2. The molecule has 1 aliphatic rings. The van der Waals surface area contributed by atoms with E-state index < -0.39 is 0 Å². The fraction of sp³-hybridized carbons (Fsp3) is 0.385. The van der Waals surface area contributed by atoms with Crippen LogP contribution in [0.3, 0.4) is 0 Å². The highest BCUT2D eigenvalue weighted by atomic mass is 16.2. The molecule has 1 fully saturated rings. The third-order valence-corrected chi connectivity index (χ3v) is 3.13. The number of hydrogen-bond acceptors (Lipinski definition) is 2. The smallest absolute Gasteiger partial charge is 0.232 e. The Hall–Kier alpha value is -1.64. The lowest BCUT2D eigenvalue weighted by molar-refractivity contribution is -0.123. The first kappa shape index (κ1) is 10.9. The van der Waals surface area contributed by atoms with Crippen LogP contribution >= 0.6 is 0 Å². The van der Waals surface area contributed by atoms with Crippen LogP contribution in [-0.4, -0.2) is 18.7 Å². The molecule has 1 heterocycles. The quantitative estimate of drug-likeness (QED) is 0.712. The van der Waals surface area contributed by atoms with Gasteiger partial charge < -0.3 is 4.90 Å². The van der Waals surface area contributed by atoms with Crippen molar-refractivity contribution < 1.29 is 9.59 Å². The van der Waals surface area contributed by atoms with Crippen molar-refractivity contribution in [1.29, 1.82) is 0 Å². The third-order valence-electron chi connectivity index (χ3n) is 3.13. The Bertz CT molecular complexity index is 420. The summed E-state index contributed by atoms with van der Waals surface area (Å²) in [5, 5.41) is 0. The third kappa shape index (κ3) is 1.73. The fourth-order valence-electron chi connectivity index (χ4n) is 1.94. The minimum Gasteiger partial charge on any atom is -0.312 e. The predicted octanol–water partition coefficient (Wildman–Crippen LogP) is 2.26. The number of anilines is 1. The molecule has 0 atom stereocenters. The van der Waals surface area contributed by atoms with E-state index >= 15 is 0 Å². The van der Waals surface area contributed by atoms with Crippen LogP contribution in [0.2, 0.25) is 0 Å². The molecule has 2 rings (SSSR count). The summed E-state index contributed by atoms with van der Waals surface area (Å²) in [7, 11) is 0. The molecule has 1 aromatic rings. The first-order valence-corrected chi connectivity index (χ1v) is 5.42. The summed E-state index contributed by atoms with van der Waals surface area (Å²) in [6.07, 6.45) is 1.68. The second kappa shape index (κ2) is 3.74. The van der Waals surface area contributed by atoms with Crippen LogP contribution in [-0.2, 0) is 4.79 Å². The molecule has 0 aliphatic carbocycles. The van der Waals surface area contributed by atoms with Crippen LogP contribution in [0.25, 0.3) is 0 Å². The van der Waals surface area contributed by atoms with E-state index in [1.54, 1.807) is 17.0 Å². The molecule has 0 unspecified atom stereocenters. The highest BCUT2D eigenvalue weighted by molar-refractivity contribution is 5.99. The lowest BCUT2D eigenvalue weighted by Crippen LogP contribution is -2.30. The van der Waals surface area contributed by atoms with Gasteiger partial charge in [0.15, 0.2) is 0 Å². The highest BCUT2D eigenvalue weighted by Crippen LogP contribution is 2.33. The summed E-state index contributed by atoms with van der Waals surface area (Å²) in [6, 6.07) is 7.12. The van der Waals surface area contributed by atoms with Gasteiger partial charge in [0.1, 0.15) is 6.29 Å². The van der Waals surface area contributed by atoms with E-state index in [4.69, 9.17) is 0 Å². The van der Waals surface area contributed by atoms with Crippen molar-refractivity contribution in [3.05, 3.63) is 29.8 Å². The van der Waals surface area contributed by atoms with Gasteiger partial charge in [0.2, 0.25) is 5.91 Å². The molecule has 0 saturated carbocycles. The van der Waals surface area contributed by atoms with Crippen molar-refractivity contribution in [1.82, 2.24) is 0 Å². The Labute approximate surface area is 95.1 Å². The zero-order valence-corrected chi connectivity index (χ0v) is 9.56. The molecular weight excluding hydrogens is 202 g/mol. The SMILES string of the molecule is CC1(C)CCN(c2ccc(C=O)cc2)C1=O. The van der Waals surface area contributed by atoms with Gasteiger partial charge in [0.05, 0.1) is 0 Å². The molecule has 84 valence electrons. The Morgan fingerprint density at radius 3 is 2.31 bits per heavy atom. The molecule has 0 N–H and O–H groups in total. The minimum atomic E-state index is -0.261. The molecule has 1 aliphatic heterocycles. The van der Waals surface area contributed by atoms with Gasteiger partial charge >= 0.3 is 0 Å². The van der Waals surface area contributed by atoms with E-state index in [2.05, 4.69) is 0 Å². The van der Waals surface area contributed by atoms with Crippen LogP contribution in [0.15, 0.2) is 24.3 Å². The summed E-state index contributed by atoms with van der Waals surface area (Å²) < 4.78 is 0. The number of nitrogens with zero attached hydrogens (tertiary/aromatic N) is 1. The molecular formula is C13H15NO2. The highest BCUT2D eigenvalue weighted by Gasteiger charge is 2.39. The van der Waals surface area contributed by atoms with Gasteiger partial charge in [0, 0.05) is 23.2 Å². The van der Waals surface area contributed by atoms with Gasteiger partial charge in [-0.25, -0.2) is 0 Å². The zero-order chi connectivity index (χ0) is 11.8. The van der Waals surface area contributed by atoms with Crippen LogP contribution in [0.5, 0.6) is 0 Å². The van der Waals surface area contributed by atoms with Crippen LogP contribution in [0.1, 0.15) is 30.6 Å². The average Bonchev–Trinajstić information content (AvgIpc) is 2.55. The van der Waals surface area contributed by atoms with E-state index in [1.165, 1.54) is 0 Å². The maximum atomic E-state index is 12.0. The maximum absolute atomic E-state index is 12.0. The molecule has 0 aromatic heterocycles. The van der Waals surface area contributed by atoms with Gasteiger partial charge in [-0.05, 0) is 30.7 Å². The van der Waals surface area contributed by atoms with Crippen LogP contribution < -0.4 is 4.90 Å². The van der Waals surface area contributed by atoms with Gasteiger partial charge in [-0.2, -0.15) is 0 Å². The van der Waals surface area contributed by atoms with Crippen LogP contribution in [0, 0.1) is 5.41 Å². The summed E-state index contributed by atoms with van der Waals surface area (Å²) in [4.78, 5) is 24.4. The van der Waals surface area contributed by atoms with Crippen molar-refractivity contribution in [2.24, 2.45) is 5.41 Å². The van der Waals surface area contributed by atoms with Crippen molar-refractivity contribution in [3.8, 4) is 0 Å². The van der Waals surface area contributed by atoms with Crippen LogP contribution in [0.4, 0.5) is 5.69 Å². The number of hydrogen-bond donors (Lipinski definition) is 0. The molecule has 16 heavy (non-hydrogen) atoms. The van der Waals surface area contributed by atoms with Crippen molar-refractivity contribution in [3.63, 3.8) is 0 Å². The van der Waals surface area contributed by atoms with E-state index in [0.29, 0.717) is 5.56 Å². The lowest BCUT2D eigenvalue weighted by Gasteiger charge is -2.19. The number of aldehydes is 1. The largest absolute Gasteiger partial charge is 0.312 e. The van der Waals surface area contributed by atoms with E-state index in [-0.39, 0.29) is 11.3 Å². The molecule has 1 saturated heterocycles. The lowest BCUT2D eigenvalue weighted by atomic mass is 9.92. The number of amides is 1. The normalized spacial score (nSPS) is 18.9. The maximum Gasteiger partial charge on any atom is 0.232 e. The zero-order valence-electron chi connectivity index (χ0n) is 9.56. The van der Waals surface area contributed by atoms with E-state index in [1.807, 2.05) is 26.0 Å². The topological polar surface area (TPSA) is 37.4 Å². The Morgan fingerprint density at radius 2 is 1.88 bits per heavy atom. The van der Waals surface area contributed by atoms with E-state index in [0.717, 1.165) is 24.9 Å². The van der Waals surface area contributed by atoms with Gasteiger partial charge in [-0.15, -0.1) is 0 Å². The van der Waals surface area contributed by atoms with Crippen molar-refractivity contribution in [2.75, 3.05) is 11.4 Å². The minimum absolute atomic E-state index is 0.159. The second-order valence-corrected chi connectivity index (χ2v) is 4.80. The second-order valence-electron chi connectivity index (χ2n) is 4.80. The summed E-state index contributed by atoms with van der Waals surface area (Å²) in [5.74, 6) is 0.159. The van der Waals surface area contributed by atoms with Gasteiger partial charge in [0.25, 0.3) is 0 Å². The molecule has 0 radical (unpaired) electrons. The Kier molecular flexibility index (Phi) is 2.54. The average molecular weight is 217 g/mol. The number of benzene rings is 1.